The van der Waals surface area contributed by atoms with Gasteiger partial charge in [0.05, 0.1) is 24.7 Å². The summed E-state index contributed by atoms with van der Waals surface area (Å²) in [6.45, 7) is 2.15. The largest absolute Gasteiger partial charge is 0.492 e. The minimum Gasteiger partial charge on any atom is -0.492 e. The molecule has 1 aromatic carbocycles. The van der Waals surface area contributed by atoms with Crippen molar-refractivity contribution in [1.29, 1.82) is 0 Å². The standard InChI is InChI=1S/C20H22FN3O5/c1-8-13-15(24(10-3-4-10)20(28)22-19(13)27)18(29-2)16(14(8)21)23-6-9-5-12(25)17(26)11(9)7-23/h5,10-12,17,25-26H,3-4,6-7H2,1-2H3,(H,22,27,28). The van der Waals surface area contributed by atoms with Gasteiger partial charge in [-0.1, -0.05) is 6.08 Å². The average molecular weight is 403 g/mol. The van der Waals surface area contributed by atoms with Crippen molar-refractivity contribution in [1.82, 2.24) is 9.55 Å². The monoisotopic (exact) mass is 403 g/mol. The van der Waals surface area contributed by atoms with E-state index >= 15 is 4.39 Å². The number of rotatable bonds is 3. The lowest BCUT2D eigenvalue weighted by Crippen LogP contribution is -2.33. The highest BCUT2D eigenvalue weighted by Crippen LogP contribution is 2.46. The molecule has 3 atom stereocenters. The third-order valence-electron chi connectivity index (χ3n) is 6.33. The number of ether oxygens (including phenoxy) is 1. The Bertz CT molecular complexity index is 1180. The van der Waals surface area contributed by atoms with Crippen LogP contribution in [0.5, 0.6) is 5.75 Å². The summed E-state index contributed by atoms with van der Waals surface area (Å²) in [7, 11) is 1.39. The lowest BCUT2D eigenvalue weighted by molar-refractivity contribution is 0.0364. The van der Waals surface area contributed by atoms with Crippen molar-refractivity contribution < 1.29 is 19.3 Å². The Morgan fingerprint density at radius 2 is 2.00 bits per heavy atom. The highest BCUT2D eigenvalue weighted by Gasteiger charge is 2.43. The number of benzene rings is 1. The van der Waals surface area contributed by atoms with Gasteiger partial charge in [-0.15, -0.1) is 0 Å². The molecule has 1 aromatic heterocycles. The number of aromatic amines is 1. The van der Waals surface area contributed by atoms with E-state index in [1.165, 1.54) is 18.6 Å². The van der Waals surface area contributed by atoms with Gasteiger partial charge in [-0.05, 0) is 25.3 Å². The first-order valence-electron chi connectivity index (χ1n) is 9.69. The second-order valence-electron chi connectivity index (χ2n) is 8.11. The van der Waals surface area contributed by atoms with Gasteiger partial charge in [-0.2, -0.15) is 0 Å². The summed E-state index contributed by atoms with van der Waals surface area (Å²) in [6.07, 6.45) is 1.37. The van der Waals surface area contributed by atoms with Crippen LogP contribution in [0.2, 0.25) is 0 Å². The van der Waals surface area contributed by atoms with Gasteiger partial charge >= 0.3 is 5.69 Å². The number of nitrogens with zero attached hydrogens (tertiary/aromatic N) is 2. The summed E-state index contributed by atoms with van der Waals surface area (Å²) in [6, 6.07) is -0.0499. The smallest absolute Gasteiger partial charge is 0.329 e. The molecule has 2 aliphatic carbocycles. The summed E-state index contributed by atoms with van der Waals surface area (Å²) in [5.41, 5.74) is 0.313. The summed E-state index contributed by atoms with van der Waals surface area (Å²) >= 11 is 0. The molecule has 3 aliphatic rings. The quantitative estimate of drug-likeness (QED) is 0.647. The minimum absolute atomic E-state index is 0.0499. The maximum absolute atomic E-state index is 15.5. The highest BCUT2D eigenvalue weighted by atomic mass is 19.1. The van der Waals surface area contributed by atoms with Crippen LogP contribution >= 0.6 is 0 Å². The summed E-state index contributed by atoms with van der Waals surface area (Å²) < 4.78 is 22.6. The van der Waals surface area contributed by atoms with Crippen LogP contribution in [-0.4, -0.2) is 52.2 Å². The molecule has 2 fully saturated rings. The number of H-pyrrole nitrogens is 1. The van der Waals surface area contributed by atoms with Crippen molar-refractivity contribution in [3.05, 3.63) is 43.9 Å². The number of aliphatic hydroxyl groups excluding tert-OH is 2. The van der Waals surface area contributed by atoms with Gasteiger partial charge < -0.3 is 19.8 Å². The molecule has 1 saturated heterocycles. The van der Waals surface area contributed by atoms with Crippen LogP contribution in [0.15, 0.2) is 21.2 Å². The Balaban J connectivity index is 1.78. The van der Waals surface area contributed by atoms with E-state index in [0.717, 1.165) is 18.4 Å². The van der Waals surface area contributed by atoms with Gasteiger partial charge in [0, 0.05) is 30.6 Å². The number of aryl methyl sites for hydroxylation is 1. The highest BCUT2D eigenvalue weighted by molar-refractivity contribution is 5.94. The molecule has 3 N–H and O–H groups in total. The SMILES string of the molecule is COc1c(N2CC3=CC(O)C(O)C3C2)c(F)c(C)c2c(=O)[nH]c(=O)n(C3CC3)c12. The fourth-order valence-electron chi connectivity index (χ4n) is 4.76. The average Bonchev–Trinajstić information content (AvgIpc) is 3.37. The van der Waals surface area contributed by atoms with Crippen LogP contribution in [0.4, 0.5) is 10.1 Å². The summed E-state index contributed by atoms with van der Waals surface area (Å²) in [4.78, 5) is 29.1. The van der Waals surface area contributed by atoms with E-state index in [1.807, 2.05) is 0 Å². The number of hydrogen-bond acceptors (Lipinski definition) is 6. The van der Waals surface area contributed by atoms with Gasteiger partial charge in [0.25, 0.3) is 5.56 Å². The number of hydrogen-bond donors (Lipinski definition) is 3. The molecule has 0 amide bonds. The predicted octanol–water partition coefficient (Wildman–Crippen LogP) is 0.579. The molecule has 2 heterocycles. The van der Waals surface area contributed by atoms with Gasteiger partial charge in [-0.3, -0.25) is 14.3 Å². The lowest BCUT2D eigenvalue weighted by atomic mass is 10.0. The van der Waals surface area contributed by atoms with Gasteiger partial charge in [-0.25, -0.2) is 9.18 Å². The molecule has 9 heteroatoms. The molecule has 3 unspecified atom stereocenters. The Kier molecular flexibility index (Phi) is 3.91. The fourth-order valence-corrected chi connectivity index (χ4v) is 4.76. The van der Waals surface area contributed by atoms with E-state index in [-0.39, 0.29) is 34.3 Å². The third-order valence-corrected chi connectivity index (χ3v) is 6.33. The van der Waals surface area contributed by atoms with Crippen molar-refractivity contribution in [3.63, 3.8) is 0 Å². The zero-order valence-corrected chi connectivity index (χ0v) is 16.1. The van der Waals surface area contributed by atoms with Crippen LogP contribution in [0.1, 0.15) is 24.4 Å². The second kappa shape index (κ2) is 6.17. The first-order chi connectivity index (χ1) is 13.8. The number of nitrogens with one attached hydrogen (secondary N) is 1. The van der Waals surface area contributed by atoms with E-state index in [9.17, 15) is 19.8 Å². The third kappa shape index (κ3) is 2.50. The first kappa shape index (κ1) is 18.4. The van der Waals surface area contributed by atoms with Crippen LogP contribution in [0.25, 0.3) is 10.9 Å². The minimum atomic E-state index is -0.932. The first-order valence-corrected chi connectivity index (χ1v) is 9.69. The molecule has 5 rings (SSSR count). The molecule has 0 radical (unpaired) electrons. The van der Waals surface area contributed by atoms with Crippen molar-refractivity contribution >= 4 is 16.6 Å². The van der Waals surface area contributed by atoms with E-state index < -0.39 is 29.3 Å². The normalized spacial score (nSPS) is 26.2. The molecule has 2 aromatic rings. The number of halogens is 1. The molecule has 1 saturated carbocycles. The van der Waals surface area contributed by atoms with Crippen molar-refractivity contribution in [2.75, 3.05) is 25.1 Å². The summed E-state index contributed by atoms with van der Waals surface area (Å²) in [5, 5.41) is 20.2. The van der Waals surface area contributed by atoms with Crippen molar-refractivity contribution in [3.8, 4) is 5.75 Å². The predicted molar refractivity (Wildman–Crippen MR) is 104 cm³/mol. The Hall–Kier alpha value is -2.65. The number of methoxy groups -OCH3 is 1. The molecule has 1 aliphatic heterocycles. The molecule has 0 bridgehead atoms. The van der Waals surface area contributed by atoms with E-state index in [0.29, 0.717) is 18.6 Å². The van der Waals surface area contributed by atoms with E-state index in [1.54, 1.807) is 11.0 Å². The zero-order chi connectivity index (χ0) is 20.6. The maximum atomic E-state index is 15.5. The molecule has 8 nitrogen and oxygen atoms in total. The summed E-state index contributed by atoms with van der Waals surface area (Å²) in [5.74, 6) is -0.736. The zero-order valence-electron chi connectivity index (χ0n) is 16.1. The number of aromatic nitrogens is 2. The van der Waals surface area contributed by atoms with Gasteiger partial charge in [0.1, 0.15) is 11.2 Å². The second-order valence-corrected chi connectivity index (χ2v) is 8.11. The van der Waals surface area contributed by atoms with Crippen LogP contribution in [0.3, 0.4) is 0 Å². The maximum Gasteiger partial charge on any atom is 0.329 e. The topological polar surface area (TPSA) is 108 Å². The van der Waals surface area contributed by atoms with E-state index in [2.05, 4.69) is 4.98 Å². The van der Waals surface area contributed by atoms with Crippen LogP contribution < -0.4 is 20.9 Å². The van der Waals surface area contributed by atoms with Crippen LogP contribution in [-0.2, 0) is 0 Å². The molecule has 0 spiro atoms. The van der Waals surface area contributed by atoms with Crippen molar-refractivity contribution in [2.45, 2.75) is 38.0 Å². The van der Waals surface area contributed by atoms with Gasteiger partial charge in [0.15, 0.2) is 11.6 Å². The number of fused-ring (bicyclic) bond motifs is 2. The molecule has 154 valence electrons. The number of aliphatic hydroxyl groups is 2. The van der Waals surface area contributed by atoms with Crippen LogP contribution in [0, 0.1) is 18.7 Å². The fraction of sp³-hybridized carbons (Fsp3) is 0.500. The lowest BCUT2D eigenvalue weighted by Gasteiger charge is -2.26. The molecule has 29 heavy (non-hydrogen) atoms. The van der Waals surface area contributed by atoms with E-state index in [4.69, 9.17) is 4.74 Å². The van der Waals surface area contributed by atoms with Crippen molar-refractivity contribution in [2.24, 2.45) is 5.92 Å². The Morgan fingerprint density at radius 3 is 2.62 bits per heavy atom. The Morgan fingerprint density at radius 1 is 1.28 bits per heavy atom. The molecular weight excluding hydrogens is 381 g/mol. The van der Waals surface area contributed by atoms with Gasteiger partial charge in [0.2, 0.25) is 0 Å². The number of anilines is 1. The molecular formula is C20H22FN3O5. The Labute approximate surface area is 164 Å².